The number of aliphatic carboxylic acids is 1. The van der Waals surface area contributed by atoms with E-state index in [-0.39, 0.29) is 17.9 Å². The molecule has 9 nitrogen and oxygen atoms in total. The first-order chi connectivity index (χ1) is 24.4. The van der Waals surface area contributed by atoms with Crippen molar-refractivity contribution in [3.8, 4) is 28.3 Å². The number of nitrogens with zero attached hydrogens (tertiary/aromatic N) is 3. The number of aliphatic hydroxyl groups is 1. The second-order valence-electron chi connectivity index (χ2n) is 15.0. The molecule has 2 aromatic heterocycles. The van der Waals surface area contributed by atoms with Crippen LogP contribution in [0.3, 0.4) is 0 Å². The quantitative estimate of drug-likeness (QED) is 0.1000. The number of carboxylic acid groups (broad SMARTS) is 1. The van der Waals surface area contributed by atoms with E-state index in [0.717, 1.165) is 45.9 Å². The number of carbonyl (C=O) groups excluding carboxylic acids is 1. The molecule has 4 aromatic rings. The summed E-state index contributed by atoms with van der Waals surface area (Å²) in [5, 5.41) is 24.4. The van der Waals surface area contributed by atoms with Crippen LogP contribution in [0, 0.1) is 5.41 Å². The summed E-state index contributed by atoms with van der Waals surface area (Å²) in [5.74, 6) is 0.310. The van der Waals surface area contributed by atoms with E-state index in [9.17, 15) is 19.8 Å². The van der Waals surface area contributed by atoms with Gasteiger partial charge in [0, 0.05) is 41.5 Å². The molecule has 0 aliphatic carbocycles. The molecule has 0 bridgehead atoms. The molecule has 1 aliphatic rings. The maximum absolute atomic E-state index is 13.5. The second-order valence-corrected chi connectivity index (χ2v) is 16.1. The molecule has 0 saturated carbocycles. The van der Waals surface area contributed by atoms with Gasteiger partial charge in [-0.1, -0.05) is 89.8 Å². The van der Waals surface area contributed by atoms with Crippen LogP contribution in [-0.4, -0.2) is 68.9 Å². The first-order valence-electron chi connectivity index (χ1n) is 18.1. The van der Waals surface area contributed by atoms with Gasteiger partial charge in [-0.15, -0.1) is 11.3 Å². The molecular formula is C41H52N4O5S. The van der Waals surface area contributed by atoms with Crippen molar-refractivity contribution < 1.29 is 24.5 Å². The maximum Gasteiger partial charge on any atom is 0.310 e. The van der Waals surface area contributed by atoms with Crippen LogP contribution in [0.25, 0.3) is 22.5 Å². The Hall–Kier alpha value is -4.12. The molecule has 2 unspecified atom stereocenters. The van der Waals surface area contributed by atoms with Crippen LogP contribution in [0.2, 0.25) is 0 Å². The number of benzene rings is 2. The summed E-state index contributed by atoms with van der Waals surface area (Å²) < 4.78 is 5.91. The molecule has 3 heterocycles. The Morgan fingerprint density at radius 2 is 1.61 bits per heavy atom. The summed E-state index contributed by atoms with van der Waals surface area (Å²) in [4.78, 5) is 38.1. The van der Waals surface area contributed by atoms with Crippen molar-refractivity contribution in [2.24, 2.45) is 5.41 Å². The summed E-state index contributed by atoms with van der Waals surface area (Å²) >= 11 is 1.44. The highest BCUT2D eigenvalue weighted by molar-refractivity contribution is 7.14. The molecule has 10 heteroatoms. The first kappa shape index (κ1) is 38.1. The number of ether oxygens (including phenoxy) is 1. The van der Waals surface area contributed by atoms with E-state index in [1.165, 1.54) is 37.0 Å². The number of thiophene rings is 1. The van der Waals surface area contributed by atoms with Crippen LogP contribution < -0.4 is 10.1 Å². The number of nitrogens with one attached hydrogen (secondary N) is 1. The molecule has 0 radical (unpaired) electrons. The molecule has 1 aliphatic heterocycles. The van der Waals surface area contributed by atoms with Gasteiger partial charge in [-0.2, -0.15) is 0 Å². The SMILES string of the molecule is CCCCCCCOc1ccc(-c2cnc(-c3ccc(C[C@H](NC(=O)c4ccc(C(C)(C)C)s4)C(O)N4CCC(C)(C(=O)O)C4)cc3)nc2)cc1. The lowest BCUT2D eigenvalue weighted by Gasteiger charge is -2.32. The van der Waals surface area contributed by atoms with E-state index in [1.54, 1.807) is 11.8 Å². The van der Waals surface area contributed by atoms with Crippen LogP contribution in [0.15, 0.2) is 73.1 Å². The van der Waals surface area contributed by atoms with Gasteiger partial charge < -0.3 is 20.3 Å². The van der Waals surface area contributed by atoms with Gasteiger partial charge in [-0.25, -0.2) is 9.97 Å². The van der Waals surface area contributed by atoms with E-state index in [4.69, 9.17) is 4.74 Å². The van der Waals surface area contributed by atoms with Crippen molar-refractivity contribution in [3.63, 3.8) is 0 Å². The van der Waals surface area contributed by atoms with Gasteiger partial charge in [0.2, 0.25) is 0 Å². The maximum atomic E-state index is 13.5. The molecule has 1 saturated heterocycles. The van der Waals surface area contributed by atoms with Gasteiger partial charge in [0.25, 0.3) is 5.91 Å². The largest absolute Gasteiger partial charge is 0.494 e. The number of amides is 1. The van der Waals surface area contributed by atoms with Crippen molar-refractivity contribution in [1.29, 1.82) is 0 Å². The zero-order valence-corrected chi connectivity index (χ0v) is 31.3. The van der Waals surface area contributed by atoms with Crippen LogP contribution in [0.5, 0.6) is 5.75 Å². The van der Waals surface area contributed by atoms with E-state index in [0.29, 0.717) is 30.1 Å². The lowest BCUT2D eigenvalue weighted by molar-refractivity contribution is -0.147. The summed E-state index contributed by atoms with van der Waals surface area (Å²) in [5.41, 5.74) is 2.64. The monoisotopic (exact) mass is 712 g/mol. The van der Waals surface area contributed by atoms with Crippen LogP contribution >= 0.6 is 11.3 Å². The minimum Gasteiger partial charge on any atom is -0.494 e. The van der Waals surface area contributed by atoms with Crippen LogP contribution in [0.1, 0.15) is 93.3 Å². The van der Waals surface area contributed by atoms with Gasteiger partial charge in [0.05, 0.1) is 22.9 Å². The lowest BCUT2D eigenvalue weighted by Crippen LogP contribution is -2.52. The minimum atomic E-state index is -1.07. The Morgan fingerprint density at radius 1 is 0.941 bits per heavy atom. The van der Waals surface area contributed by atoms with Crippen molar-refractivity contribution in [2.75, 3.05) is 19.7 Å². The zero-order chi connectivity index (χ0) is 36.6. The molecule has 272 valence electrons. The molecule has 3 atom stereocenters. The topological polar surface area (TPSA) is 125 Å². The lowest BCUT2D eigenvalue weighted by atomic mass is 9.90. The predicted octanol–water partition coefficient (Wildman–Crippen LogP) is 7.97. The van der Waals surface area contributed by atoms with Gasteiger partial charge in [0.1, 0.15) is 12.0 Å². The Kier molecular flexibility index (Phi) is 12.7. The van der Waals surface area contributed by atoms with Crippen molar-refractivity contribution in [1.82, 2.24) is 20.2 Å². The average molecular weight is 713 g/mol. The molecule has 1 amide bonds. The van der Waals surface area contributed by atoms with E-state index in [2.05, 4.69) is 43.0 Å². The number of carbonyl (C=O) groups is 2. The fourth-order valence-corrected chi connectivity index (χ4v) is 7.26. The fraction of sp³-hybridized carbons (Fsp3) is 0.463. The predicted molar refractivity (Wildman–Crippen MR) is 203 cm³/mol. The first-order valence-corrected chi connectivity index (χ1v) is 18.9. The van der Waals surface area contributed by atoms with Gasteiger partial charge in [-0.3, -0.25) is 14.5 Å². The Balaban J connectivity index is 1.24. The summed E-state index contributed by atoms with van der Waals surface area (Å²) in [6.07, 6.45) is 9.38. The number of rotatable bonds is 16. The van der Waals surface area contributed by atoms with Crippen molar-refractivity contribution in [2.45, 2.75) is 97.2 Å². The number of likely N-dealkylation sites (tertiary alicyclic amines) is 1. The van der Waals surface area contributed by atoms with Crippen LogP contribution in [0.4, 0.5) is 0 Å². The molecule has 2 aromatic carbocycles. The number of hydrogen-bond acceptors (Lipinski definition) is 8. The molecule has 0 spiro atoms. The van der Waals surface area contributed by atoms with Crippen LogP contribution in [-0.2, 0) is 16.6 Å². The number of unbranched alkanes of at least 4 members (excludes halogenated alkanes) is 4. The third-order valence-electron chi connectivity index (χ3n) is 9.66. The van der Waals surface area contributed by atoms with E-state index < -0.39 is 23.7 Å². The molecule has 5 rings (SSSR count). The summed E-state index contributed by atoms with van der Waals surface area (Å²) in [6, 6.07) is 18.9. The highest BCUT2D eigenvalue weighted by Gasteiger charge is 2.44. The fourth-order valence-electron chi connectivity index (χ4n) is 6.29. The minimum absolute atomic E-state index is 0.0849. The highest BCUT2D eigenvalue weighted by atomic mass is 32.1. The smallest absolute Gasteiger partial charge is 0.310 e. The van der Waals surface area contributed by atoms with Gasteiger partial charge in [0.15, 0.2) is 5.82 Å². The third kappa shape index (κ3) is 10.0. The summed E-state index contributed by atoms with van der Waals surface area (Å²) in [7, 11) is 0. The Morgan fingerprint density at radius 3 is 2.22 bits per heavy atom. The molecular weight excluding hydrogens is 661 g/mol. The molecule has 51 heavy (non-hydrogen) atoms. The third-order valence-corrected chi connectivity index (χ3v) is 11.2. The Bertz CT molecular complexity index is 1730. The second kappa shape index (κ2) is 16.9. The number of hydrogen-bond donors (Lipinski definition) is 3. The number of carboxylic acids is 1. The molecule has 3 N–H and O–H groups in total. The van der Waals surface area contributed by atoms with Crippen molar-refractivity contribution in [3.05, 3.63) is 88.4 Å². The van der Waals surface area contributed by atoms with E-state index in [1.807, 2.05) is 73.1 Å². The van der Waals surface area contributed by atoms with Crippen molar-refractivity contribution >= 4 is 23.2 Å². The molecule has 1 fully saturated rings. The number of aliphatic hydroxyl groups excluding tert-OH is 1. The zero-order valence-electron chi connectivity index (χ0n) is 30.5. The normalized spacial score (nSPS) is 17.6. The summed E-state index contributed by atoms with van der Waals surface area (Å²) in [6.45, 7) is 11.6. The highest BCUT2D eigenvalue weighted by Crippen LogP contribution is 2.33. The standard InChI is InChI=1S/C41H52N4O5S/c1-6-7-8-9-10-23-50-32-17-15-29(16-18-32)31-25-42-36(43-26-31)30-13-11-28(12-14-30)24-33(38(47)45-22-21-41(5,27-45)39(48)49)44-37(46)34-19-20-35(51-34)40(2,3)4/h11-20,25-26,33,38,47H,6-10,21-24,27H2,1-5H3,(H,44,46)(H,48,49)/t33-,38?,41?/m0/s1. The van der Waals surface area contributed by atoms with Gasteiger partial charge in [-0.05, 0) is 67.0 Å². The van der Waals surface area contributed by atoms with E-state index >= 15 is 0 Å². The number of aromatic nitrogens is 2. The van der Waals surface area contributed by atoms with Gasteiger partial charge >= 0.3 is 5.97 Å². The average Bonchev–Trinajstić information content (AvgIpc) is 3.79. The Labute approximate surface area is 306 Å².